The number of unbranched alkanes of at least 4 members (excludes halogenated alkanes) is 1. The lowest BCUT2D eigenvalue weighted by atomic mass is 10.1. The van der Waals surface area contributed by atoms with Crippen LogP contribution in [0, 0.1) is 0 Å². The molecular weight excluding hydrogens is 498 g/mol. The van der Waals surface area contributed by atoms with E-state index < -0.39 is 12.0 Å². The third-order valence-electron chi connectivity index (χ3n) is 6.66. The number of amides is 1. The van der Waals surface area contributed by atoms with Crippen molar-refractivity contribution in [2.45, 2.75) is 51.5 Å². The number of aromatic nitrogens is 5. The topological polar surface area (TPSA) is 150 Å². The summed E-state index contributed by atoms with van der Waals surface area (Å²) in [5, 5.41) is 23.3. The van der Waals surface area contributed by atoms with E-state index in [2.05, 4.69) is 48.0 Å². The summed E-state index contributed by atoms with van der Waals surface area (Å²) in [7, 11) is 0. The highest BCUT2D eigenvalue weighted by Crippen LogP contribution is 2.20. The van der Waals surface area contributed by atoms with Gasteiger partial charge in [-0.3, -0.25) is 4.79 Å². The quantitative estimate of drug-likeness (QED) is 0.213. The fraction of sp³-hybridized carbons (Fsp3) is 0.481. The Balaban J connectivity index is 1.29. The number of nitrogens with one attached hydrogen (secondary N) is 3. The first kappa shape index (κ1) is 28.0. The predicted molar refractivity (Wildman–Crippen MR) is 148 cm³/mol. The van der Waals surface area contributed by atoms with E-state index >= 15 is 0 Å². The molecule has 12 nitrogen and oxygen atoms in total. The van der Waals surface area contributed by atoms with Gasteiger partial charge >= 0.3 is 5.97 Å². The Morgan fingerprint density at radius 1 is 1.21 bits per heavy atom. The van der Waals surface area contributed by atoms with E-state index in [1.165, 1.54) is 18.8 Å². The van der Waals surface area contributed by atoms with E-state index in [-0.39, 0.29) is 5.91 Å². The Morgan fingerprint density at radius 3 is 2.90 bits per heavy atom. The monoisotopic (exact) mass is 535 g/mol. The lowest BCUT2D eigenvalue weighted by Gasteiger charge is -2.24. The Kier molecular flexibility index (Phi) is 10.2. The van der Waals surface area contributed by atoms with Crippen molar-refractivity contribution in [3.05, 3.63) is 54.2 Å². The lowest BCUT2D eigenvalue weighted by molar-refractivity contribution is -0.138. The molecule has 3 aromatic heterocycles. The van der Waals surface area contributed by atoms with Gasteiger partial charge in [0.05, 0.1) is 0 Å². The van der Waals surface area contributed by atoms with Crippen LogP contribution >= 0.6 is 0 Å². The molecular formula is C27H37N9O3. The van der Waals surface area contributed by atoms with Gasteiger partial charge in [-0.25, -0.2) is 24.4 Å². The lowest BCUT2D eigenvalue weighted by Crippen LogP contribution is -2.39. The van der Waals surface area contributed by atoms with Crippen molar-refractivity contribution < 1.29 is 14.7 Å². The maximum atomic E-state index is 12.0. The van der Waals surface area contributed by atoms with Crippen molar-refractivity contribution in [1.82, 2.24) is 34.9 Å². The zero-order valence-corrected chi connectivity index (χ0v) is 22.3. The smallest absolute Gasteiger partial charge is 0.326 e. The summed E-state index contributed by atoms with van der Waals surface area (Å²) < 4.78 is 1.59. The van der Waals surface area contributed by atoms with E-state index in [0.29, 0.717) is 37.7 Å². The van der Waals surface area contributed by atoms with Crippen molar-refractivity contribution in [1.29, 1.82) is 0 Å². The number of fused-ring (bicyclic) bond motifs is 1. The molecule has 39 heavy (non-hydrogen) atoms. The van der Waals surface area contributed by atoms with Crippen molar-refractivity contribution in [2.75, 3.05) is 43.4 Å². The number of rotatable bonds is 15. The number of hydrogen-bond acceptors (Lipinski definition) is 9. The number of carbonyl (C=O) groups is 2. The van der Waals surface area contributed by atoms with Gasteiger partial charge in [-0.1, -0.05) is 6.07 Å². The van der Waals surface area contributed by atoms with Gasteiger partial charge in [-0.2, -0.15) is 5.10 Å². The van der Waals surface area contributed by atoms with Crippen LogP contribution in [0.5, 0.6) is 0 Å². The van der Waals surface area contributed by atoms with Gasteiger partial charge in [0.15, 0.2) is 5.82 Å². The second-order valence-corrected chi connectivity index (χ2v) is 9.66. The number of hydrogen-bond donors (Lipinski definition) is 4. The van der Waals surface area contributed by atoms with Crippen LogP contribution < -0.4 is 16.0 Å². The molecule has 0 spiro atoms. The minimum atomic E-state index is -0.955. The molecule has 0 aromatic carbocycles. The maximum absolute atomic E-state index is 12.0. The Morgan fingerprint density at radius 2 is 2.10 bits per heavy atom. The summed E-state index contributed by atoms with van der Waals surface area (Å²) >= 11 is 0. The molecule has 0 saturated carbocycles. The second-order valence-electron chi connectivity index (χ2n) is 9.66. The molecule has 1 atom stereocenters. The van der Waals surface area contributed by atoms with Crippen LogP contribution in [-0.4, -0.2) is 85.4 Å². The van der Waals surface area contributed by atoms with Gasteiger partial charge < -0.3 is 26.0 Å². The SMILES string of the molecule is CC(=O)NCCN(CCCCc1ccc2c(n1)NCCC2)CCC(Nc1cc(-n2cccn2)ncn1)C(=O)O. The molecule has 4 rings (SSSR count). The standard InChI is InChI=1S/C27H37N9O3/c1-20(37)28-13-17-35(14-3-2-7-22-9-8-21-6-4-11-29-26(21)33-22)16-10-23(27(38)39)34-24-18-25(31-19-30-24)36-15-5-12-32-36/h5,8-9,12,15,18-19,23H,2-4,6-7,10-11,13-14,16-17H2,1H3,(H,28,37)(H,29,33)(H,38,39)(H,30,31,34). The summed E-state index contributed by atoms with van der Waals surface area (Å²) in [6.45, 7) is 4.98. The molecule has 4 N–H and O–H groups in total. The summed E-state index contributed by atoms with van der Waals surface area (Å²) in [6.07, 6.45) is 10.2. The molecule has 0 bridgehead atoms. The molecule has 12 heteroatoms. The number of nitrogens with zero attached hydrogens (tertiary/aromatic N) is 6. The van der Waals surface area contributed by atoms with Crippen LogP contribution in [0.15, 0.2) is 43.0 Å². The molecule has 208 valence electrons. The highest BCUT2D eigenvalue weighted by atomic mass is 16.4. The van der Waals surface area contributed by atoms with Gasteiger partial charge in [-0.15, -0.1) is 0 Å². The molecule has 1 amide bonds. The van der Waals surface area contributed by atoms with Crippen molar-refractivity contribution >= 4 is 23.5 Å². The Labute approximate surface area is 228 Å². The fourth-order valence-electron chi connectivity index (χ4n) is 4.58. The van der Waals surface area contributed by atoms with E-state index in [0.717, 1.165) is 56.7 Å². The average molecular weight is 536 g/mol. The number of carboxylic acid groups (broad SMARTS) is 1. The molecule has 1 aliphatic heterocycles. The van der Waals surface area contributed by atoms with Gasteiger partial charge in [0.2, 0.25) is 5.91 Å². The molecule has 3 aromatic rings. The van der Waals surface area contributed by atoms with Crippen LogP contribution in [0.4, 0.5) is 11.6 Å². The van der Waals surface area contributed by atoms with Gasteiger partial charge in [0.1, 0.15) is 24.0 Å². The van der Waals surface area contributed by atoms with Crippen LogP contribution in [0.25, 0.3) is 5.82 Å². The second kappa shape index (κ2) is 14.2. The van der Waals surface area contributed by atoms with Crippen molar-refractivity contribution in [3.63, 3.8) is 0 Å². The fourth-order valence-corrected chi connectivity index (χ4v) is 4.58. The molecule has 0 fully saturated rings. The first-order valence-corrected chi connectivity index (χ1v) is 13.5. The molecule has 1 unspecified atom stereocenters. The average Bonchev–Trinajstić information content (AvgIpc) is 3.48. The molecule has 0 radical (unpaired) electrons. The maximum Gasteiger partial charge on any atom is 0.326 e. The van der Waals surface area contributed by atoms with E-state index in [9.17, 15) is 14.7 Å². The van der Waals surface area contributed by atoms with E-state index in [1.807, 2.05) is 0 Å². The zero-order chi connectivity index (χ0) is 27.5. The van der Waals surface area contributed by atoms with Crippen LogP contribution in [0.2, 0.25) is 0 Å². The van der Waals surface area contributed by atoms with Gasteiger partial charge in [-0.05, 0) is 62.8 Å². The largest absolute Gasteiger partial charge is 0.480 e. The Bertz CT molecular complexity index is 1220. The van der Waals surface area contributed by atoms with Crippen LogP contribution in [-0.2, 0) is 22.4 Å². The third kappa shape index (κ3) is 8.74. The molecule has 4 heterocycles. The summed E-state index contributed by atoms with van der Waals surface area (Å²) in [4.78, 5) is 38.8. The minimum Gasteiger partial charge on any atom is -0.480 e. The number of anilines is 2. The van der Waals surface area contributed by atoms with Crippen molar-refractivity contribution in [3.8, 4) is 5.82 Å². The zero-order valence-electron chi connectivity index (χ0n) is 22.3. The molecule has 0 aliphatic carbocycles. The summed E-state index contributed by atoms with van der Waals surface area (Å²) in [5.41, 5.74) is 2.37. The predicted octanol–water partition coefficient (Wildman–Crippen LogP) is 2.13. The Hall–Kier alpha value is -4.06. The van der Waals surface area contributed by atoms with Crippen LogP contribution in [0.3, 0.4) is 0 Å². The van der Waals surface area contributed by atoms with E-state index in [1.54, 1.807) is 29.2 Å². The highest BCUT2D eigenvalue weighted by molar-refractivity contribution is 5.77. The highest BCUT2D eigenvalue weighted by Gasteiger charge is 2.20. The van der Waals surface area contributed by atoms with Crippen molar-refractivity contribution in [2.24, 2.45) is 0 Å². The normalized spacial score (nSPS) is 13.4. The third-order valence-corrected chi connectivity index (χ3v) is 6.66. The molecule has 1 aliphatic rings. The molecule has 0 saturated heterocycles. The summed E-state index contributed by atoms with van der Waals surface area (Å²) in [5.74, 6) is 0.942. The van der Waals surface area contributed by atoms with Gasteiger partial charge in [0.25, 0.3) is 0 Å². The number of aryl methyl sites for hydroxylation is 2. The van der Waals surface area contributed by atoms with Crippen LogP contribution in [0.1, 0.15) is 43.9 Å². The number of pyridine rings is 1. The number of carboxylic acids is 1. The first-order chi connectivity index (χ1) is 19.0. The van der Waals surface area contributed by atoms with Gasteiger partial charge in [0, 0.05) is 57.3 Å². The van der Waals surface area contributed by atoms with E-state index in [4.69, 9.17) is 4.98 Å². The number of aliphatic carboxylic acids is 1. The first-order valence-electron chi connectivity index (χ1n) is 13.5. The summed E-state index contributed by atoms with van der Waals surface area (Å²) in [6, 6.07) is 6.92. The minimum absolute atomic E-state index is 0.0797. The number of carbonyl (C=O) groups excluding carboxylic acids is 1.